The Labute approximate surface area is 88.1 Å². The van der Waals surface area contributed by atoms with Crippen LogP contribution >= 0.6 is 17.0 Å². The average Bonchev–Trinajstić information content (AvgIpc) is 2.03. The normalized spacial score (nSPS) is 9.50. The number of hydrogen-bond acceptors (Lipinski definition) is 1. The average molecular weight is 238 g/mol. The third-order valence-electron chi connectivity index (χ3n) is 1.91. The van der Waals surface area contributed by atoms with Crippen LogP contribution in [0.5, 0.6) is 0 Å². The topological polar surface area (TPSA) is 12.0 Å². The SMILES string of the molecule is Br.CCCCCNCCCCC. The second-order valence-corrected chi connectivity index (χ2v) is 3.16. The van der Waals surface area contributed by atoms with Gasteiger partial charge in [-0.2, -0.15) is 0 Å². The molecule has 0 saturated carbocycles. The second-order valence-electron chi connectivity index (χ2n) is 3.16. The Balaban J connectivity index is 0. The van der Waals surface area contributed by atoms with Gasteiger partial charge in [0.05, 0.1) is 0 Å². The zero-order valence-electron chi connectivity index (χ0n) is 8.57. The van der Waals surface area contributed by atoms with Crippen molar-refractivity contribution in [1.82, 2.24) is 5.32 Å². The molecule has 0 heterocycles. The van der Waals surface area contributed by atoms with Gasteiger partial charge in [0.15, 0.2) is 0 Å². The Morgan fingerprint density at radius 3 is 1.50 bits per heavy atom. The molecule has 0 amide bonds. The first-order valence-corrected chi connectivity index (χ1v) is 5.12. The molecule has 0 spiro atoms. The molecule has 0 fully saturated rings. The van der Waals surface area contributed by atoms with Gasteiger partial charge >= 0.3 is 0 Å². The van der Waals surface area contributed by atoms with E-state index in [9.17, 15) is 0 Å². The third-order valence-corrected chi connectivity index (χ3v) is 1.91. The lowest BCUT2D eigenvalue weighted by atomic mass is 10.2. The van der Waals surface area contributed by atoms with Crippen molar-refractivity contribution < 1.29 is 0 Å². The smallest absolute Gasteiger partial charge is 0.00489 e. The van der Waals surface area contributed by atoms with Gasteiger partial charge in [0.25, 0.3) is 0 Å². The maximum Gasteiger partial charge on any atom is -0.00489 e. The first kappa shape index (κ1) is 14.9. The van der Waals surface area contributed by atoms with Crippen LogP contribution in [0.1, 0.15) is 52.4 Å². The van der Waals surface area contributed by atoms with Crippen LogP contribution in [0, 0.1) is 0 Å². The Morgan fingerprint density at radius 1 is 0.750 bits per heavy atom. The largest absolute Gasteiger partial charge is 0.317 e. The first-order valence-electron chi connectivity index (χ1n) is 5.12. The van der Waals surface area contributed by atoms with E-state index in [2.05, 4.69) is 19.2 Å². The minimum atomic E-state index is 0. The molecule has 0 rings (SSSR count). The van der Waals surface area contributed by atoms with Crippen LogP contribution in [0.15, 0.2) is 0 Å². The lowest BCUT2D eigenvalue weighted by Gasteiger charge is -2.02. The lowest BCUT2D eigenvalue weighted by molar-refractivity contribution is 0.583. The summed E-state index contributed by atoms with van der Waals surface area (Å²) in [6.45, 7) is 6.93. The monoisotopic (exact) mass is 237 g/mol. The summed E-state index contributed by atoms with van der Waals surface area (Å²) in [7, 11) is 0. The highest BCUT2D eigenvalue weighted by Gasteiger charge is 1.86. The van der Waals surface area contributed by atoms with Crippen LogP contribution in [0.4, 0.5) is 0 Å². The van der Waals surface area contributed by atoms with Crippen molar-refractivity contribution in [2.45, 2.75) is 52.4 Å². The van der Waals surface area contributed by atoms with Crippen LogP contribution in [-0.2, 0) is 0 Å². The second kappa shape index (κ2) is 14.0. The van der Waals surface area contributed by atoms with E-state index in [0.717, 1.165) is 0 Å². The summed E-state index contributed by atoms with van der Waals surface area (Å²) in [4.78, 5) is 0. The molecule has 0 radical (unpaired) electrons. The van der Waals surface area contributed by atoms with Crippen LogP contribution in [-0.4, -0.2) is 13.1 Å². The van der Waals surface area contributed by atoms with Crippen LogP contribution in [0.2, 0.25) is 0 Å². The molecular weight excluding hydrogens is 214 g/mol. The van der Waals surface area contributed by atoms with E-state index in [1.54, 1.807) is 0 Å². The fourth-order valence-corrected chi connectivity index (χ4v) is 1.12. The molecule has 1 N–H and O–H groups in total. The van der Waals surface area contributed by atoms with Crippen molar-refractivity contribution in [2.24, 2.45) is 0 Å². The first-order chi connectivity index (χ1) is 5.41. The molecule has 0 aliphatic heterocycles. The standard InChI is InChI=1S/C10H23N.BrH/c1-3-5-7-9-11-10-8-6-4-2;/h11H,3-10H2,1-2H3;1H. The van der Waals surface area contributed by atoms with Gasteiger partial charge in [-0.3, -0.25) is 0 Å². The van der Waals surface area contributed by atoms with Crippen molar-refractivity contribution >= 4 is 17.0 Å². The summed E-state index contributed by atoms with van der Waals surface area (Å²) >= 11 is 0. The van der Waals surface area contributed by atoms with Gasteiger partial charge in [-0.05, 0) is 25.9 Å². The molecule has 0 bridgehead atoms. The van der Waals surface area contributed by atoms with E-state index in [4.69, 9.17) is 0 Å². The van der Waals surface area contributed by atoms with Crippen LogP contribution < -0.4 is 5.32 Å². The van der Waals surface area contributed by atoms with Gasteiger partial charge in [0.2, 0.25) is 0 Å². The fraction of sp³-hybridized carbons (Fsp3) is 1.00. The zero-order valence-corrected chi connectivity index (χ0v) is 10.3. The molecule has 12 heavy (non-hydrogen) atoms. The molecule has 0 aliphatic carbocycles. The molecule has 0 aliphatic rings. The summed E-state index contributed by atoms with van der Waals surface area (Å²) in [6.07, 6.45) is 8.11. The number of halogens is 1. The minimum Gasteiger partial charge on any atom is -0.317 e. The minimum absolute atomic E-state index is 0. The summed E-state index contributed by atoms with van der Waals surface area (Å²) in [5, 5.41) is 3.46. The number of unbranched alkanes of at least 4 members (excludes halogenated alkanes) is 4. The summed E-state index contributed by atoms with van der Waals surface area (Å²) in [5.41, 5.74) is 0. The summed E-state index contributed by atoms with van der Waals surface area (Å²) in [6, 6.07) is 0. The van der Waals surface area contributed by atoms with Gasteiger partial charge in [0.1, 0.15) is 0 Å². The highest BCUT2D eigenvalue weighted by atomic mass is 79.9. The number of rotatable bonds is 8. The van der Waals surface area contributed by atoms with E-state index in [1.165, 1.54) is 51.6 Å². The van der Waals surface area contributed by atoms with Crippen LogP contribution in [0.3, 0.4) is 0 Å². The van der Waals surface area contributed by atoms with Gasteiger partial charge in [-0.25, -0.2) is 0 Å². The van der Waals surface area contributed by atoms with E-state index in [0.29, 0.717) is 0 Å². The van der Waals surface area contributed by atoms with Gasteiger partial charge < -0.3 is 5.32 Å². The molecular formula is C10H24BrN. The summed E-state index contributed by atoms with van der Waals surface area (Å²) < 4.78 is 0. The maximum absolute atomic E-state index is 3.46. The number of nitrogens with one attached hydrogen (secondary N) is 1. The van der Waals surface area contributed by atoms with Gasteiger partial charge in [-0.1, -0.05) is 39.5 Å². The third kappa shape index (κ3) is 13.1. The van der Waals surface area contributed by atoms with Gasteiger partial charge in [-0.15, -0.1) is 17.0 Å². The highest BCUT2D eigenvalue weighted by Crippen LogP contribution is 1.93. The predicted octanol–water partition coefficient (Wildman–Crippen LogP) is 3.53. The Kier molecular flexibility index (Phi) is 17.4. The maximum atomic E-state index is 3.46. The van der Waals surface area contributed by atoms with Crippen molar-refractivity contribution in [1.29, 1.82) is 0 Å². The van der Waals surface area contributed by atoms with E-state index >= 15 is 0 Å². The fourth-order valence-electron chi connectivity index (χ4n) is 1.12. The van der Waals surface area contributed by atoms with E-state index < -0.39 is 0 Å². The van der Waals surface area contributed by atoms with E-state index in [-0.39, 0.29) is 17.0 Å². The van der Waals surface area contributed by atoms with Crippen molar-refractivity contribution in [3.63, 3.8) is 0 Å². The molecule has 76 valence electrons. The molecule has 2 heteroatoms. The zero-order chi connectivity index (χ0) is 8.36. The Morgan fingerprint density at radius 2 is 1.17 bits per heavy atom. The molecule has 0 aromatic heterocycles. The molecule has 0 aromatic carbocycles. The lowest BCUT2D eigenvalue weighted by Crippen LogP contribution is -2.16. The summed E-state index contributed by atoms with van der Waals surface area (Å²) in [5.74, 6) is 0. The number of hydrogen-bond donors (Lipinski definition) is 1. The Hall–Kier alpha value is 0.440. The predicted molar refractivity (Wildman–Crippen MR) is 62.2 cm³/mol. The van der Waals surface area contributed by atoms with Crippen molar-refractivity contribution in [3.05, 3.63) is 0 Å². The van der Waals surface area contributed by atoms with Crippen LogP contribution in [0.25, 0.3) is 0 Å². The molecule has 0 saturated heterocycles. The molecule has 0 atom stereocenters. The van der Waals surface area contributed by atoms with Crippen molar-refractivity contribution in [3.8, 4) is 0 Å². The Bertz CT molecular complexity index is 58.9. The quantitative estimate of drug-likeness (QED) is 0.638. The highest BCUT2D eigenvalue weighted by molar-refractivity contribution is 8.93. The van der Waals surface area contributed by atoms with E-state index in [1.807, 2.05) is 0 Å². The molecule has 0 unspecified atom stereocenters. The molecule has 1 nitrogen and oxygen atoms in total. The molecule has 0 aromatic rings. The van der Waals surface area contributed by atoms with Gasteiger partial charge in [0, 0.05) is 0 Å². The van der Waals surface area contributed by atoms with Crippen molar-refractivity contribution in [2.75, 3.05) is 13.1 Å².